The van der Waals surface area contributed by atoms with Gasteiger partial charge in [-0.2, -0.15) is 11.8 Å². The second kappa shape index (κ2) is 9.53. The van der Waals surface area contributed by atoms with Crippen molar-refractivity contribution in [2.75, 3.05) is 12.3 Å². The Kier molecular flexibility index (Phi) is 7.66. The third-order valence-corrected chi connectivity index (χ3v) is 5.83. The van der Waals surface area contributed by atoms with Crippen LogP contribution in [0.5, 0.6) is 0 Å². The summed E-state index contributed by atoms with van der Waals surface area (Å²) in [7, 11) is 0. The lowest BCUT2D eigenvalue weighted by Crippen LogP contribution is -2.24. The maximum Gasteiger partial charge on any atom is 0.0411 e. The lowest BCUT2D eigenvalue weighted by Gasteiger charge is -2.21. The summed E-state index contributed by atoms with van der Waals surface area (Å²) in [4.78, 5) is 0. The van der Waals surface area contributed by atoms with Crippen LogP contribution in [0.15, 0.2) is 24.3 Å². The molecule has 1 atom stereocenters. The first-order valence-corrected chi connectivity index (χ1v) is 9.82. The van der Waals surface area contributed by atoms with E-state index in [4.69, 9.17) is 0 Å². The number of hydrogen-bond donors (Lipinski definition) is 1. The van der Waals surface area contributed by atoms with Gasteiger partial charge in [-0.05, 0) is 43.4 Å². The summed E-state index contributed by atoms with van der Waals surface area (Å²) < 4.78 is 0. The van der Waals surface area contributed by atoms with Crippen LogP contribution in [-0.2, 0) is 6.42 Å². The van der Waals surface area contributed by atoms with Crippen LogP contribution < -0.4 is 5.32 Å². The van der Waals surface area contributed by atoms with Gasteiger partial charge in [0.15, 0.2) is 0 Å². The first-order chi connectivity index (χ1) is 10.3. The van der Waals surface area contributed by atoms with Crippen LogP contribution in [0.3, 0.4) is 0 Å². The third kappa shape index (κ3) is 5.67. The molecule has 1 aromatic rings. The van der Waals surface area contributed by atoms with E-state index < -0.39 is 0 Å². The second-order valence-corrected chi connectivity index (χ2v) is 7.57. The van der Waals surface area contributed by atoms with E-state index in [9.17, 15) is 0 Å². The van der Waals surface area contributed by atoms with Gasteiger partial charge in [-0.15, -0.1) is 0 Å². The number of hydrogen-bond acceptors (Lipinski definition) is 2. The SMILES string of the molecule is CCCNC(CSC1CCCC1)c1ccc(CCC)cc1. The first kappa shape index (κ1) is 16.9. The van der Waals surface area contributed by atoms with Crippen molar-refractivity contribution < 1.29 is 0 Å². The predicted molar refractivity (Wildman–Crippen MR) is 96.2 cm³/mol. The third-order valence-electron chi connectivity index (χ3n) is 4.36. The van der Waals surface area contributed by atoms with Crippen LogP contribution in [0, 0.1) is 0 Å². The number of nitrogens with one attached hydrogen (secondary N) is 1. The molecule has 1 aliphatic rings. The van der Waals surface area contributed by atoms with Crippen molar-refractivity contribution in [3.8, 4) is 0 Å². The smallest absolute Gasteiger partial charge is 0.0411 e. The van der Waals surface area contributed by atoms with E-state index in [0.717, 1.165) is 11.8 Å². The number of thioether (sulfide) groups is 1. The molecule has 2 rings (SSSR count). The van der Waals surface area contributed by atoms with Gasteiger partial charge in [0, 0.05) is 17.0 Å². The quantitative estimate of drug-likeness (QED) is 0.659. The monoisotopic (exact) mass is 305 g/mol. The Labute approximate surface area is 135 Å². The minimum Gasteiger partial charge on any atom is -0.309 e. The van der Waals surface area contributed by atoms with Crippen molar-refractivity contribution in [3.05, 3.63) is 35.4 Å². The molecule has 1 unspecified atom stereocenters. The molecule has 118 valence electrons. The lowest BCUT2D eigenvalue weighted by molar-refractivity contribution is 0.576. The molecule has 1 N–H and O–H groups in total. The van der Waals surface area contributed by atoms with E-state index >= 15 is 0 Å². The van der Waals surface area contributed by atoms with E-state index in [1.807, 2.05) is 0 Å². The maximum atomic E-state index is 3.74. The van der Waals surface area contributed by atoms with E-state index in [-0.39, 0.29) is 0 Å². The number of rotatable bonds is 9. The average Bonchev–Trinajstić information content (AvgIpc) is 3.02. The van der Waals surface area contributed by atoms with Gasteiger partial charge in [0.1, 0.15) is 0 Å². The van der Waals surface area contributed by atoms with Crippen LogP contribution >= 0.6 is 11.8 Å². The Hall–Kier alpha value is -0.470. The first-order valence-electron chi connectivity index (χ1n) is 8.77. The summed E-state index contributed by atoms with van der Waals surface area (Å²) in [6.07, 6.45) is 9.38. The Bertz CT molecular complexity index is 381. The fourth-order valence-corrected chi connectivity index (χ4v) is 4.53. The molecule has 1 aliphatic carbocycles. The highest BCUT2D eigenvalue weighted by molar-refractivity contribution is 7.99. The van der Waals surface area contributed by atoms with E-state index in [1.54, 1.807) is 0 Å². The Morgan fingerprint density at radius 3 is 2.43 bits per heavy atom. The molecule has 21 heavy (non-hydrogen) atoms. The van der Waals surface area contributed by atoms with Crippen molar-refractivity contribution in [1.82, 2.24) is 5.32 Å². The second-order valence-electron chi connectivity index (χ2n) is 6.24. The van der Waals surface area contributed by atoms with Crippen LogP contribution in [0.1, 0.15) is 69.5 Å². The van der Waals surface area contributed by atoms with Crippen molar-refractivity contribution in [1.29, 1.82) is 0 Å². The zero-order valence-electron chi connectivity index (χ0n) is 13.7. The molecule has 1 fully saturated rings. The van der Waals surface area contributed by atoms with Gasteiger partial charge in [-0.1, -0.05) is 57.4 Å². The minimum absolute atomic E-state index is 0.520. The van der Waals surface area contributed by atoms with Gasteiger partial charge < -0.3 is 5.32 Å². The van der Waals surface area contributed by atoms with Crippen molar-refractivity contribution in [3.63, 3.8) is 0 Å². The van der Waals surface area contributed by atoms with E-state index in [0.29, 0.717) is 6.04 Å². The molecule has 1 saturated carbocycles. The van der Waals surface area contributed by atoms with Crippen LogP contribution in [0.4, 0.5) is 0 Å². The standard InChI is InChI=1S/C19H31NS/c1-3-7-16-10-12-17(13-11-16)19(20-14-4-2)15-21-18-8-5-6-9-18/h10-13,18-20H,3-9,14-15H2,1-2H3. The van der Waals surface area contributed by atoms with Crippen molar-refractivity contribution in [2.45, 2.75) is 70.1 Å². The van der Waals surface area contributed by atoms with Gasteiger partial charge in [0.05, 0.1) is 0 Å². The molecular weight excluding hydrogens is 274 g/mol. The van der Waals surface area contributed by atoms with Crippen molar-refractivity contribution in [2.24, 2.45) is 0 Å². The summed E-state index contributed by atoms with van der Waals surface area (Å²) in [6, 6.07) is 9.84. The molecule has 1 nitrogen and oxygen atoms in total. The van der Waals surface area contributed by atoms with Gasteiger partial charge in [0.2, 0.25) is 0 Å². The highest BCUT2D eigenvalue weighted by Crippen LogP contribution is 2.32. The fraction of sp³-hybridized carbons (Fsp3) is 0.684. The highest BCUT2D eigenvalue weighted by Gasteiger charge is 2.18. The summed E-state index contributed by atoms with van der Waals surface area (Å²) in [5, 5.41) is 4.65. The summed E-state index contributed by atoms with van der Waals surface area (Å²) in [5.74, 6) is 1.22. The molecule has 0 heterocycles. The molecule has 0 saturated heterocycles. The topological polar surface area (TPSA) is 12.0 Å². The van der Waals surface area contributed by atoms with E-state index in [1.165, 1.54) is 61.8 Å². The summed E-state index contributed by atoms with van der Waals surface area (Å²) in [6.45, 7) is 5.61. The molecule has 0 amide bonds. The summed E-state index contributed by atoms with van der Waals surface area (Å²) >= 11 is 2.19. The van der Waals surface area contributed by atoms with Gasteiger partial charge in [-0.3, -0.25) is 0 Å². The predicted octanol–water partition coefficient (Wildman–Crippen LogP) is 5.36. The molecule has 0 aliphatic heterocycles. The molecule has 2 heteroatoms. The van der Waals surface area contributed by atoms with E-state index in [2.05, 4.69) is 55.2 Å². The molecular formula is C19H31NS. The van der Waals surface area contributed by atoms with Crippen LogP contribution in [-0.4, -0.2) is 17.5 Å². The fourth-order valence-electron chi connectivity index (χ4n) is 3.08. The van der Waals surface area contributed by atoms with Crippen molar-refractivity contribution >= 4 is 11.8 Å². The Morgan fingerprint density at radius 2 is 1.81 bits per heavy atom. The van der Waals surface area contributed by atoms with Gasteiger partial charge >= 0.3 is 0 Å². The van der Waals surface area contributed by atoms with Crippen LogP contribution in [0.2, 0.25) is 0 Å². The summed E-state index contributed by atoms with van der Waals surface area (Å²) in [5.41, 5.74) is 2.94. The maximum absolute atomic E-state index is 3.74. The lowest BCUT2D eigenvalue weighted by atomic mass is 10.0. The normalized spacial score (nSPS) is 17.2. The molecule has 0 aromatic heterocycles. The zero-order valence-corrected chi connectivity index (χ0v) is 14.6. The number of benzene rings is 1. The van der Waals surface area contributed by atoms with Crippen LogP contribution in [0.25, 0.3) is 0 Å². The Morgan fingerprint density at radius 1 is 1.10 bits per heavy atom. The average molecular weight is 306 g/mol. The highest BCUT2D eigenvalue weighted by atomic mass is 32.2. The molecule has 0 spiro atoms. The van der Waals surface area contributed by atoms with Gasteiger partial charge in [-0.25, -0.2) is 0 Å². The molecule has 1 aromatic carbocycles. The minimum atomic E-state index is 0.520. The Balaban J connectivity index is 1.92. The number of aryl methyl sites for hydroxylation is 1. The largest absolute Gasteiger partial charge is 0.309 e. The van der Waals surface area contributed by atoms with Gasteiger partial charge in [0.25, 0.3) is 0 Å². The molecule has 0 radical (unpaired) electrons. The molecule has 0 bridgehead atoms. The zero-order chi connectivity index (χ0) is 14.9.